The fourth-order valence-corrected chi connectivity index (χ4v) is 3.60. The van der Waals surface area contributed by atoms with Gasteiger partial charge in [-0.3, -0.25) is 0 Å². The molecule has 2 heterocycles. The van der Waals surface area contributed by atoms with E-state index in [2.05, 4.69) is 15.5 Å². The Balaban J connectivity index is 1.62. The standard InChI is InChI=1S/C20H18N4OS/c1-14-21-19(15-7-4-3-5-8-15)24(23-14)12-17-13-26-20(22-17)16-9-6-10-18(11-16)25-2/h3-11,13H,12H2,1-2H3. The third kappa shape index (κ3) is 3.36. The van der Waals surface area contributed by atoms with E-state index in [1.165, 1.54) is 0 Å². The van der Waals surface area contributed by atoms with Gasteiger partial charge in [0.05, 0.1) is 19.3 Å². The first kappa shape index (κ1) is 16.5. The summed E-state index contributed by atoms with van der Waals surface area (Å²) >= 11 is 1.62. The van der Waals surface area contributed by atoms with Crippen LogP contribution in [0, 0.1) is 6.92 Å². The summed E-state index contributed by atoms with van der Waals surface area (Å²) in [4.78, 5) is 9.35. The number of methoxy groups -OCH3 is 1. The Hall–Kier alpha value is -2.99. The smallest absolute Gasteiger partial charge is 0.158 e. The zero-order valence-corrected chi connectivity index (χ0v) is 15.4. The normalized spacial score (nSPS) is 10.8. The maximum absolute atomic E-state index is 5.30. The zero-order chi connectivity index (χ0) is 17.9. The largest absolute Gasteiger partial charge is 0.497 e. The highest BCUT2D eigenvalue weighted by molar-refractivity contribution is 7.13. The average Bonchev–Trinajstić information content (AvgIpc) is 3.29. The molecule has 0 spiro atoms. The third-order valence-corrected chi connectivity index (χ3v) is 4.93. The highest BCUT2D eigenvalue weighted by Gasteiger charge is 2.12. The van der Waals surface area contributed by atoms with Gasteiger partial charge in [0.25, 0.3) is 0 Å². The number of benzene rings is 2. The van der Waals surface area contributed by atoms with Gasteiger partial charge in [-0.2, -0.15) is 5.10 Å². The van der Waals surface area contributed by atoms with Crippen LogP contribution in [0.4, 0.5) is 0 Å². The van der Waals surface area contributed by atoms with Crippen molar-refractivity contribution in [3.63, 3.8) is 0 Å². The molecule has 2 aromatic carbocycles. The molecule has 130 valence electrons. The summed E-state index contributed by atoms with van der Waals surface area (Å²) in [6, 6.07) is 18.0. The minimum absolute atomic E-state index is 0.589. The van der Waals surface area contributed by atoms with Crippen LogP contribution in [0.2, 0.25) is 0 Å². The predicted molar refractivity (Wildman–Crippen MR) is 103 cm³/mol. The Kier molecular flexibility index (Phi) is 4.50. The summed E-state index contributed by atoms with van der Waals surface area (Å²) in [6.07, 6.45) is 0. The van der Waals surface area contributed by atoms with Crippen LogP contribution in [0.1, 0.15) is 11.5 Å². The quantitative estimate of drug-likeness (QED) is 0.527. The van der Waals surface area contributed by atoms with E-state index in [0.717, 1.165) is 39.2 Å². The van der Waals surface area contributed by atoms with Gasteiger partial charge in [-0.15, -0.1) is 11.3 Å². The molecular formula is C20H18N4OS. The first-order valence-corrected chi connectivity index (χ1v) is 9.16. The van der Waals surface area contributed by atoms with Crippen LogP contribution in [-0.4, -0.2) is 26.9 Å². The van der Waals surface area contributed by atoms with E-state index in [-0.39, 0.29) is 0 Å². The number of ether oxygens (including phenoxy) is 1. The van der Waals surface area contributed by atoms with Crippen molar-refractivity contribution in [3.05, 3.63) is 71.5 Å². The van der Waals surface area contributed by atoms with Gasteiger partial charge in [-0.1, -0.05) is 42.5 Å². The summed E-state index contributed by atoms with van der Waals surface area (Å²) in [6.45, 7) is 2.50. The van der Waals surface area contributed by atoms with Crippen LogP contribution in [0.15, 0.2) is 60.0 Å². The summed E-state index contributed by atoms with van der Waals surface area (Å²) in [5, 5.41) is 7.58. The number of rotatable bonds is 5. The van der Waals surface area contributed by atoms with Gasteiger partial charge in [0, 0.05) is 16.5 Å². The SMILES string of the molecule is COc1cccc(-c2nc(Cn3nc(C)nc3-c3ccccc3)cs2)c1. The maximum atomic E-state index is 5.30. The van der Waals surface area contributed by atoms with Crippen molar-refractivity contribution in [2.45, 2.75) is 13.5 Å². The van der Waals surface area contributed by atoms with Gasteiger partial charge in [-0.05, 0) is 19.1 Å². The molecule has 0 saturated carbocycles. The number of nitrogens with zero attached hydrogens (tertiary/aromatic N) is 4. The second kappa shape index (κ2) is 7.09. The van der Waals surface area contributed by atoms with E-state index in [0.29, 0.717) is 6.54 Å². The Morgan fingerprint density at radius 3 is 2.62 bits per heavy atom. The fraction of sp³-hybridized carbons (Fsp3) is 0.150. The van der Waals surface area contributed by atoms with E-state index in [9.17, 15) is 0 Å². The van der Waals surface area contributed by atoms with E-state index in [1.54, 1.807) is 18.4 Å². The van der Waals surface area contributed by atoms with Crippen LogP contribution < -0.4 is 4.74 Å². The van der Waals surface area contributed by atoms with Gasteiger partial charge in [0.2, 0.25) is 0 Å². The molecule has 4 aromatic rings. The van der Waals surface area contributed by atoms with Crippen molar-refractivity contribution >= 4 is 11.3 Å². The van der Waals surface area contributed by atoms with Crippen LogP contribution in [0.25, 0.3) is 22.0 Å². The molecule has 4 rings (SSSR count). The zero-order valence-electron chi connectivity index (χ0n) is 14.6. The fourth-order valence-electron chi connectivity index (χ4n) is 2.79. The molecule has 0 saturated heterocycles. The molecule has 0 aliphatic carbocycles. The second-order valence-electron chi connectivity index (χ2n) is 5.88. The van der Waals surface area contributed by atoms with Gasteiger partial charge in [0.1, 0.15) is 16.6 Å². The van der Waals surface area contributed by atoms with E-state index >= 15 is 0 Å². The number of thiazole rings is 1. The van der Waals surface area contributed by atoms with Crippen molar-refractivity contribution < 1.29 is 4.74 Å². The molecule has 0 radical (unpaired) electrons. The number of hydrogen-bond acceptors (Lipinski definition) is 5. The molecule has 2 aromatic heterocycles. The van der Waals surface area contributed by atoms with Crippen LogP contribution >= 0.6 is 11.3 Å². The van der Waals surface area contributed by atoms with Gasteiger partial charge in [-0.25, -0.2) is 14.6 Å². The summed E-state index contributed by atoms with van der Waals surface area (Å²) in [5.74, 6) is 2.45. The molecule has 0 amide bonds. The lowest BCUT2D eigenvalue weighted by Crippen LogP contribution is -2.04. The topological polar surface area (TPSA) is 52.8 Å². The van der Waals surface area contributed by atoms with Gasteiger partial charge < -0.3 is 4.74 Å². The minimum Gasteiger partial charge on any atom is -0.497 e. The molecule has 0 N–H and O–H groups in total. The highest BCUT2D eigenvalue weighted by Crippen LogP contribution is 2.27. The molecule has 0 atom stereocenters. The number of hydrogen-bond donors (Lipinski definition) is 0. The van der Waals surface area contributed by atoms with E-state index in [4.69, 9.17) is 9.72 Å². The van der Waals surface area contributed by atoms with Crippen LogP contribution in [-0.2, 0) is 6.54 Å². The van der Waals surface area contributed by atoms with Crippen molar-refractivity contribution in [3.8, 4) is 27.7 Å². The molecule has 26 heavy (non-hydrogen) atoms. The molecule has 6 heteroatoms. The van der Waals surface area contributed by atoms with Gasteiger partial charge >= 0.3 is 0 Å². The molecule has 0 aliphatic heterocycles. The first-order chi connectivity index (χ1) is 12.7. The summed E-state index contributed by atoms with van der Waals surface area (Å²) in [5.41, 5.74) is 3.07. The molecule has 5 nitrogen and oxygen atoms in total. The molecule has 0 aliphatic rings. The Morgan fingerprint density at radius 2 is 1.81 bits per heavy atom. The Morgan fingerprint density at radius 1 is 1.00 bits per heavy atom. The molecular weight excluding hydrogens is 344 g/mol. The van der Waals surface area contributed by atoms with E-state index < -0.39 is 0 Å². The lowest BCUT2D eigenvalue weighted by Gasteiger charge is -2.04. The molecule has 0 unspecified atom stereocenters. The lowest BCUT2D eigenvalue weighted by atomic mass is 10.2. The molecule has 0 fully saturated rings. The number of aromatic nitrogens is 4. The molecule has 0 bridgehead atoms. The van der Waals surface area contributed by atoms with Crippen LogP contribution in [0.3, 0.4) is 0 Å². The predicted octanol–water partition coefficient (Wildman–Crippen LogP) is 4.43. The third-order valence-electron chi connectivity index (χ3n) is 3.99. The Labute approximate surface area is 155 Å². The van der Waals surface area contributed by atoms with Crippen molar-refractivity contribution in [1.82, 2.24) is 19.7 Å². The monoisotopic (exact) mass is 362 g/mol. The highest BCUT2D eigenvalue weighted by atomic mass is 32.1. The first-order valence-electron chi connectivity index (χ1n) is 8.28. The summed E-state index contributed by atoms with van der Waals surface area (Å²) in [7, 11) is 1.67. The van der Waals surface area contributed by atoms with Crippen molar-refractivity contribution in [2.75, 3.05) is 7.11 Å². The Bertz CT molecular complexity index is 1020. The average molecular weight is 362 g/mol. The summed E-state index contributed by atoms with van der Waals surface area (Å²) < 4.78 is 7.21. The van der Waals surface area contributed by atoms with Gasteiger partial charge in [0.15, 0.2) is 5.82 Å². The second-order valence-corrected chi connectivity index (χ2v) is 6.74. The number of aryl methyl sites for hydroxylation is 1. The van der Waals surface area contributed by atoms with Crippen molar-refractivity contribution in [1.29, 1.82) is 0 Å². The van der Waals surface area contributed by atoms with Crippen molar-refractivity contribution in [2.24, 2.45) is 0 Å². The minimum atomic E-state index is 0.589. The van der Waals surface area contributed by atoms with E-state index in [1.807, 2.05) is 66.2 Å². The lowest BCUT2D eigenvalue weighted by molar-refractivity contribution is 0.415. The maximum Gasteiger partial charge on any atom is 0.158 e. The van der Waals surface area contributed by atoms with Crippen LogP contribution in [0.5, 0.6) is 5.75 Å².